The molecule has 0 N–H and O–H groups in total. The quantitative estimate of drug-likeness (QED) is 0.434. The molecular formula is C12H30P3Pd. The van der Waals surface area contributed by atoms with Gasteiger partial charge in [0, 0.05) is 0 Å². The van der Waals surface area contributed by atoms with Gasteiger partial charge in [-0.3, -0.25) is 0 Å². The average molecular weight is 374 g/mol. The third-order valence-corrected chi connectivity index (χ3v) is 25.3. The van der Waals surface area contributed by atoms with Gasteiger partial charge in [0.25, 0.3) is 0 Å². The van der Waals surface area contributed by atoms with Crippen LogP contribution < -0.4 is 0 Å². The van der Waals surface area contributed by atoms with Crippen LogP contribution in [0.1, 0.15) is 62.3 Å². The summed E-state index contributed by atoms with van der Waals surface area (Å²) in [6.07, 6.45) is 0. The molecule has 0 spiro atoms. The summed E-state index contributed by atoms with van der Waals surface area (Å²) in [5, 5.41) is 1.66. The van der Waals surface area contributed by atoms with Crippen molar-refractivity contribution < 1.29 is 15.3 Å². The maximum absolute atomic E-state index is 2.42. The molecule has 0 aromatic heterocycles. The molecule has 0 radical (unpaired) electrons. The van der Waals surface area contributed by atoms with Crippen molar-refractivity contribution in [3.05, 3.63) is 0 Å². The van der Waals surface area contributed by atoms with Crippen molar-refractivity contribution in [1.82, 2.24) is 0 Å². The molecule has 0 nitrogen and oxygen atoms in total. The van der Waals surface area contributed by atoms with E-state index < -0.39 is 0 Å². The molecule has 0 aromatic carbocycles. The topological polar surface area (TPSA) is 0 Å². The van der Waals surface area contributed by atoms with Crippen LogP contribution in [-0.4, -0.2) is 15.5 Å². The standard InChI is InChI=1S/3C4H10P.Pd/c3*1-4(2,3)5;/h3*5H,1-3H3;/q3*-1;+3. The van der Waals surface area contributed by atoms with E-state index in [0.29, 0.717) is 15.5 Å². The Morgan fingerprint density at radius 3 is 0.812 bits per heavy atom. The zero-order valence-corrected chi connectivity index (χ0v) is 16.9. The Morgan fingerprint density at radius 1 is 0.500 bits per heavy atom. The van der Waals surface area contributed by atoms with Gasteiger partial charge >= 0.3 is 113 Å². The van der Waals surface area contributed by atoms with Gasteiger partial charge in [0.05, 0.1) is 0 Å². The first-order chi connectivity index (χ1) is 6.79. The fourth-order valence-corrected chi connectivity index (χ4v) is 41.0. The van der Waals surface area contributed by atoms with E-state index in [1.165, 1.54) is 20.3 Å². The molecule has 103 valence electrons. The molecule has 3 unspecified atom stereocenters. The molecule has 0 amide bonds. The van der Waals surface area contributed by atoms with Gasteiger partial charge < -0.3 is 0 Å². The molecule has 16 heavy (non-hydrogen) atoms. The Kier molecular flexibility index (Phi) is 7.19. The van der Waals surface area contributed by atoms with E-state index in [1.807, 2.05) is 0 Å². The van der Waals surface area contributed by atoms with Crippen LogP contribution in [0.15, 0.2) is 0 Å². The minimum atomic E-state index is -0.290. The van der Waals surface area contributed by atoms with Crippen LogP contribution in [0.4, 0.5) is 0 Å². The third-order valence-electron chi connectivity index (χ3n) is 0.949. The maximum atomic E-state index is 2.42. The Hall–Kier alpha value is 1.95. The normalized spacial score (nSPS) is 17.4. The van der Waals surface area contributed by atoms with Crippen molar-refractivity contribution in [1.29, 1.82) is 0 Å². The van der Waals surface area contributed by atoms with Gasteiger partial charge in [0.1, 0.15) is 0 Å². The summed E-state index contributed by atoms with van der Waals surface area (Å²) in [5.74, 6) is 0. The van der Waals surface area contributed by atoms with Crippen LogP contribution in [0.2, 0.25) is 0 Å². The van der Waals surface area contributed by atoms with Gasteiger partial charge in [-0.15, -0.1) is 0 Å². The van der Waals surface area contributed by atoms with E-state index >= 15 is 0 Å². The van der Waals surface area contributed by atoms with Gasteiger partial charge in [-0.1, -0.05) is 0 Å². The monoisotopic (exact) mass is 373 g/mol. The van der Waals surface area contributed by atoms with Gasteiger partial charge in [0.2, 0.25) is 0 Å². The minimum absolute atomic E-state index is 0.290. The van der Waals surface area contributed by atoms with E-state index in [0.717, 1.165) is 0 Å². The number of hydrogen-bond acceptors (Lipinski definition) is 0. The second kappa shape index (κ2) is 6.41. The van der Waals surface area contributed by atoms with E-state index in [4.69, 9.17) is 0 Å². The molecule has 0 saturated heterocycles. The van der Waals surface area contributed by atoms with Crippen molar-refractivity contribution in [3.8, 4) is 0 Å². The molecule has 0 aliphatic rings. The van der Waals surface area contributed by atoms with E-state index in [-0.39, 0.29) is 15.3 Å². The molecule has 0 saturated carbocycles. The van der Waals surface area contributed by atoms with Crippen molar-refractivity contribution in [2.75, 3.05) is 0 Å². The fourth-order valence-electron chi connectivity index (χ4n) is 0.771. The second-order valence-electron chi connectivity index (χ2n) is 7.22. The summed E-state index contributed by atoms with van der Waals surface area (Å²) >= 11 is -0.290. The van der Waals surface area contributed by atoms with Crippen molar-refractivity contribution in [3.63, 3.8) is 0 Å². The Morgan fingerprint density at radius 2 is 0.688 bits per heavy atom. The van der Waals surface area contributed by atoms with Crippen LogP contribution in [0.5, 0.6) is 0 Å². The molecule has 0 aliphatic carbocycles. The van der Waals surface area contributed by atoms with Crippen LogP contribution in [0, 0.1) is 0 Å². The zero-order chi connectivity index (χ0) is 13.2. The first kappa shape index (κ1) is 18.0. The van der Waals surface area contributed by atoms with Gasteiger partial charge in [-0.2, -0.15) is 0 Å². The fraction of sp³-hybridized carbons (Fsp3) is 1.00. The summed E-state index contributed by atoms with van der Waals surface area (Å²) in [7, 11) is 0. The molecule has 3 atom stereocenters. The van der Waals surface area contributed by atoms with Crippen molar-refractivity contribution >= 4 is 20.3 Å². The molecule has 0 aromatic rings. The molecule has 0 aliphatic heterocycles. The predicted octanol–water partition coefficient (Wildman–Crippen LogP) is 5.78. The van der Waals surface area contributed by atoms with E-state index in [2.05, 4.69) is 62.3 Å². The number of hydrogen-bond donors (Lipinski definition) is 0. The Bertz CT molecular complexity index is 170. The summed E-state index contributed by atoms with van der Waals surface area (Å²) in [4.78, 5) is 0. The predicted molar refractivity (Wildman–Crippen MR) is 84.2 cm³/mol. The average Bonchev–Trinajstić information content (AvgIpc) is 1.70. The van der Waals surface area contributed by atoms with Crippen molar-refractivity contribution in [2.45, 2.75) is 77.8 Å². The molecule has 4 heteroatoms. The number of rotatable bonds is 3. The van der Waals surface area contributed by atoms with Crippen LogP contribution >= 0.6 is 20.3 Å². The third kappa shape index (κ3) is 12.4. The SMILES string of the molecule is CC(C)(C)[PH][Pd]([PH]C(C)(C)C)[PH]C(C)(C)C. The van der Waals surface area contributed by atoms with Crippen LogP contribution in [0.3, 0.4) is 0 Å². The van der Waals surface area contributed by atoms with E-state index in [9.17, 15) is 0 Å². The summed E-state index contributed by atoms with van der Waals surface area (Å²) < 4.78 is 0. The Labute approximate surface area is 113 Å². The summed E-state index contributed by atoms with van der Waals surface area (Å²) in [6, 6.07) is 0. The first-order valence-electron chi connectivity index (χ1n) is 5.72. The van der Waals surface area contributed by atoms with Crippen LogP contribution in [-0.2, 0) is 15.3 Å². The van der Waals surface area contributed by atoms with Gasteiger partial charge in [-0.05, 0) is 0 Å². The van der Waals surface area contributed by atoms with E-state index in [1.54, 1.807) is 0 Å². The summed E-state index contributed by atoms with van der Waals surface area (Å²) in [5.41, 5.74) is 0. The molecular weight excluding hydrogens is 343 g/mol. The van der Waals surface area contributed by atoms with Crippen molar-refractivity contribution in [2.24, 2.45) is 0 Å². The second-order valence-corrected chi connectivity index (χ2v) is 28.1. The zero-order valence-electron chi connectivity index (χ0n) is 12.3. The summed E-state index contributed by atoms with van der Waals surface area (Å²) in [6.45, 7) is 25.4. The molecule has 0 bridgehead atoms. The first-order valence-corrected chi connectivity index (χ1v) is 15.2. The molecule has 0 heterocycles. The molecule has 0 rings (SSSR count). The van der Waals surface area contributed by atoms with Gasteiger partial charge in [0.15, 0.2) is 0 Å². The van der Waals surface area contributed by atoms with Crippen LogP contribution in [0.25, 0.3) is 0 Å². The molecule has 0 fully saturated rings. The van der Waals surface area contributed by atoms with Gasteiger partial charge in [-0.25, -0.2) is 0 Å². The Balaban J connectivity index is 4.53.